The summed E-state index contributed by atoms with van der Waals surface area (Å²) in [5, 5.41) is 10.5. The Balaban J connectivity index is 1.86. The number of benzene rings is 2. The Hall–Kier alpha value is -3.45. The molecule has 0 saturated carbocycles. The third-order valence-corrected chi connectivity index (χ3v) is 5.20. The van der Waals surface area contributed by atoms with Crippen LogP contribution < -0.4 is 0 Å². The van der Waals surface area contributed by atoms with Gasteiger partial charge in [-0.1, -0.05) is 42.0 Å². The number of aromatic nitrogens is 3. The zero-order valence-corrected chi connectivity index (χ0v) is 17.9. The van der Waals surface area contributed by atoms with Gasteiger partial charge in [0, 0.05) is 29.8 Å². The van der Waals surface area contributed by atoms with Crippen molar-refractivity contribution in [1.29, 1.82) is 0 Å². The SMILES string of the molecule is Cc1cccc(-c2ccc(-n3cc(C(C)(C)O)nc3-c3cnccc3C(F)(F)F)cc2)c1. The lowest BCUT2D eigenvalue weighted by Crippen LogP contribution is -2.15. The summed E-state index contributed by atoms with van der Waals surface area (Å²) in [5.74, 6) is 0.0610. The average molecular weight is 437 g/mol. The van der Waals surface area contributed by atoms with Crippen LogP contribution in [0.3, 0.4) is 0 Å². The first-order valence-corrected chi connectivity index (χ1v) is 10.1. The van der Waals surface area contributed by atoms with E-state index in [0.29, 0.717) is 5.69 Å². The molecule has 32 heavy (non-hydrogen) atoms. The molecule has 2 aromatic heterocycles. The highest BCUT2D eigenvalue weighted by Crippen LogP contribution is 2.38. The topological polar surface area (TPSA) is 50.9 Å². The number of rotatable bonds is 4. The zero-order valence-electron chi connectivity index (χ0n) is 17.9. The van der Waals surface area contributed by atoms with Crippen LogP contribution in [-0.2, 0) is 11.8 Å². The third kappa shape index (κ3) is 4.29. The molecule has 0 unspecified atom stereocenters. The van der Waals surface area contributed by atoms with Crippen LogP contribution in [0, 0.1) is 6.92 Å². The summed E-state index contributed by atoms with van der Waals surface area (Å²) in [4.78, 5) is 8.26. The van der Waals surface area contributed by atoms with Crippen LogP contribution in [-0.4, -0.2) is 19.6 Å². The van der Waals surface area contributed by atoms with Gasteiger partial charge in [-0.25, -0.2) is 4.98 Å². The fourth-order valence-electron chi connectivity index (χ4n) is 3.52. The predicted molar refractivity (Wildman–Crippen MR) is 117 cm³/mol. The summed E-state index contributed by atoms with van der Waals surface area (Å²) in [7, 11) is 0. The first-order valence-electron chi connectivity index (χ1n) is 10.1. The van der Waals surface area contributed by atoms with Crippen LogP contribution in [0.15, 0.2) is 73.2 Å². The minimum atomic E-state index is -4.57. The van der Waals surface area contributed by atoms with E-state index < -0.39 is 17.3 Å². The van der Waals surface area contributed by atoms with Crippen molar-refractivity contribution in [2.45, 2.75) is 32.5 Å². The van der Waals surface area contributed by atoms with Gasteiger partial charge < -0.3 is 5.11 Å². The Labute approximate surface area is 184 Å². The number of aliphatic hydroxyl groups is 1. The predicted octanol–water partition coefficient (Wildman–Crippen LogP) is 6.16. The summed E-state index contributed by atoms with van der Waals surface area (Å²) >= 11 is 0. The lowest BCUT2D eigenvalue weighted by atomic mass is 10.0. The van der Waals surface area contributed by atoms with Gasteiger partial charge in [-0.05, 0) is 50.1 Å². The molecule has 4 aromatic rings. The van der Waals surface area contributed by atoms with Crippen LogP contribution >= 0.6 is 0 Å². The highest BCUT2D eigenvalue weighted by atomic mass is 19.4. The number of halogens is 3. The van der Waals surface area contributed by atoms with Crippen molar-refractivity contribution in [2.75, 3.05) is 0 Å². The average Bonchev–Trinajstić information content (AvgIpc) is 3.19. The van der Waals surface area contributed by atoms with Gasteiger partial charge >= 0.3 is 6.18 Å². The summed E-state index contributed by atoms with van der Waals surface area (Å²) in [6.07, 6.45) is -0.757. The molecule has 1 N–H and O–H groups in total. The molecule has 0 atom stereocenters. The van der Waals surface area contributed by atoms with Crippen molar-refractivity contribution in [3.63, 3.8) is 0 Å². The van der Waals surface area contributed by atoms with Crippen molar-refractivity contribution in [2.24, 2.45) is 0 Å². The van der Waals surface area contributed by atoms with Crippen LogP contribution in [0.2, 0.25) is 0 Å². The summed E-state index contributed by atoms with van der Waals surface area (Å²) in [5.41, 5.74) is 1.72. The monoisotopic (exact) mass is 437 g/mol. The Morgan fingerprint density at radius 1 is 0.938 bits per heavy atom. The number of nitrogens with zero attached hydrogens (tertiary/aromatic N) is 3. The molecule has 0 spiro atoms. The molecule has 0 amide bonds. The number of pyridine rings is 1. The second-order valence-corrected chi connectivity index (χ2v) is 8.21. The molecule has 0 saturated heterocycles. The molecule has 164 valence electrons. The standard InChI is InChI=1S/C25H22F3N3O/c1-16-5-4-6-18(13-16)17-7-9-19(10-8-17)31-15-22(24(2,3)32)30-23(31)20-14-29-12-11-21(20)25(26,27)28/h4-15,32H,1-3H3. The van der Waals surface area contributed by atoms with Crippen molar-refractivity contribution in [3.8, 4) is 28.2 Å². The maximum Gasteiger partial charge on any atom is 0.417 e. The van der Waals surface area contributed by atoms with Gasteiger partial charge in [0.25, 0.3) is 0 Å². The van der Waals surface area contributed by atoms with Gasteiger partial charge in [0.2, 0.25) is 0 Å². The maximum absolute atomic E-state index is 13.7. The summed E-state index contributed by atoms with van der Waals surface area (Å²) < 4.78 is 42.6. The van der Waals surface area contributed by atoms with E-state index in [9.17, 15) is 18.3 Å². The Kier molecular flexibility index (Phi) is 5.38. The second kappa shape index (κ2) is 7.91. The van der Waals surface area contributed by atoms with Crippen molar-refractivity contribution in [1.82, 2.24) is 14.5 Å². The molecule has 0 fully saturated rings. The fraction of sp³-hybridized carbons (Fsp3) is 0.200. The van der Waals surface area contributed by atoms with Gasteiger partial charge in [-0.15, -0.1) is 0 Å². The van der Waals surface area contributed by atoms with Gasteiger partial charge in [0.15, 0.2) is 0 Å². The molecule has 2 heterocycles. The van der Waals surface area contributed by atoms with E-state index >= 15 is 0 Å². The van der Waals surface area contributed by atoms with Gasteiger partial charge in [0.05, 0.1) is 11.3 Å². The molecule has 7 heteroatoms. The quantitative estimate of drug-likeness (QED) is 0.416. The van der Waals surface area contributed by atoms with Crippen LogP contribution in [0.1, 0.15) is 30.7 Å². The fourth-order valence-corrected chi connectivity index (χ4v) is 3.52. The summed E-state index contributed by atoms with van der Waals surface area (Å²) in [6, 6.07) is 16.4. The lowest BCUT2D eigenvalue weighted by Gasteiger charge is -2.14. The summed E-state index contributed by atoms with van der Waals surface area (Å²) in [6.45, 7) is 5.09. The highest BCUT2D eigenvalue weighted by molar-refractivity contribution is 5.67. The number of imidazole rings is 1. The Bertz CT molecular complexity index is 1250. The van der Waals surface area contributed by atoms with Gasteiger partial charge in [-0.3, -0.25) is 9.55 Å². The van der Waals surface area contributed by atoms with Crippen LogP contribution in [0.4, 0.5) is 13.2 Å². The first-order chi connectivity index (χ1) is 15.0. The molecule has 0 aliphatic carbocycles. The number of alkyl halides is 3. The van der Waals surface area contributed by atoms with E-state index in [2.05, 4.69) is 16.0 Å². The van der Waals surface area contributed by atoms with Crippen molar-refractivity contribution >= 4 is 0 Å². The Morgan fingerprint density at radius 2 is 1.66 bits per heavy atom. The third-order valence-electron chi connectivity index (χ3n) is 5.20. The van der Waals surface area contributed by atoms with Gasteiger partial charge in [0.1, 0.15) is 11.4 Å². The molecule has 0 radical (unpaired) electrons. The number of hydrogen-bond acceptors (Lipinski definition) is 3. The first kappa shape index (κ1) is 21.8. The normalized spacial score (nSPS) is 12.2. The molecule has 0 bridgehead atoms. The molecule has 4 nitrogen and oxygen atoms in total. The highest BCUT2D eigenvalue weighted by Gasteiger charge is 2.35. The smallest absolute Gasteiger partial charge is 0.384 e. The molecule has 0 aliphatic heterocycles. The minimum Gasteiger partial charge on any atom is -0.384 e. The minimum absolute atomic E-state index is 0.0610. The number of hydrogen-bond donors (Lipinski definition) is 1. The van der Waals surface area contributed by atoms with E-state index in [1.165, 1.54) is 13.8 Å². The van der Waals surface area contributed by atoms with Crippen molar-refractivity contribution < 1.29 is 18.3 Å². The van der Waals surface area contributed by atoms with Gasteiger partial charge in [-0.2, -0.15) is 13.2 Å². The maximum atomic E-state index is 13.7. The zero-order chi connectivity index (χ0) is 23.1. The Morgan fingerprint density at radius 3 is 2.28 bits per heavy atom. The van der Waals surface area contributed by atoms with Crippen LogP contribution in [0.5, 0.6) is 0 Å². The molecule has 2 aromatic carbocycles. The van der Waals surface area contributed by atoms with E-state index in [-0.39, 0.29) is 17.1 Å². The second-order valence-electron chi connectivity index (χ2n) is 8.21. The molecule has 4 rings (SSSR count). The molecule has 0 aliphatic rings. The molecular formula is C25H22F3N3O. The van der Waals surface area contributed by atoms with E-state index in [0.717, 1.165) is 35.2 Å². The van der Waals surface area contributed by atoms with E-state index in [1.54, 1.807) is 10.8 Å². The number of aryl methyl sites for hydroxylation is 1. The largest absolute Gasteiger partial charge is 0.417 e. The lowest BCUT2D eigenvalue weighted by molar-refractivity contribution is -0.137. The van der Waals surface area contributed by atoms with E-state index in [4.69, 9.17) is 0 Å². The van der Waals surface area contributed by atoms with Crippen LogP contribution in [0.25, 0.3) is 28.2 Å². The van der Waals surface area contributed by atoms with E-state index in [1.807, 2.05) is 49.4 Å². The van der Waals surface area contributed by atoms with Crippen molar-refractivity contribution in [3.05, 3.63) is 90.0 Å². The molecular weight excluding hydrogens is 415 g/mol.